The second-order valence-corrected chi connectivity index (χ2v) is 6.03. The fourth-order valence-corrected chi connectivity index (χ4v) is 3.08. The third kappa shape index (κ3) is 2.98. The number of hydrogen-bond donors (Lipinski definition) is 0. The highest BCUT2D eigenvalue weighted by molar-refractivity contribution is 6.52. The molecule has 0 atom stereocenters. The third-order valence-corrected chi connectivity index (χ3v) is 4.35. The minimum absolute atomic E-state index is 0.237. The molecule has 3 aromatic carbocycles. The lowest BCUT2D eigenvalue weighted by Gasteiger charge is -2.21. The van der Waals surface area contributed by atoms with Crippen LogP contribution >= 0.6 is 0 Å². The van der Waals surface area contributed by atoms with Crippen molar-refractivity contribution in [3.8, 4) is 0 Å². The lowest BCUT2D eigenvalue weighted by molar-refractivity contribution is -0.114. The molecule has 0 aliphatic heterocycles. The Hall–Kier alpha value is -3.79. The summed E-state index contributed by atoms with van der Waals surface area (Å²) in [6.07, 6.45) is 0. The Morgan fingerprint density at radius 1 is 0.630 bits per heavy atom. The van der Waals surface area contributed by atoms with Crippen LogP contribution in [0.15, 0.2) is 90.7 Å². The topological polar surface area (TPSA) is 60.4 Å². The van der Waals surface area contributed by atoms with Crippen molar-refractivity contribution in [3.63, 3.8) is 0 Å². The number of esters is 1. The molecule has 0 spiro atoms. The number of hydrogen-bond acceptors (Lipinski definition) is 4. The molecule has 3 aromatic rings. The molecular weight excluding hydrogens is 340 g/mol. The van der Waals surface area contributed by atoms with Crippen LogP contribution in [-0.2, 0) is 9.53 Å². The van der Waals surface area contributed by atoms with Gasteiger partial charge in [0.15, 0.2) is 5.76 Å². The molecule has 0 heterocycles. The number of ether oxygens (including phenoxy) is 1. The van der Waals surface area contributed by atoms with Gasteiger partial charge in [-0.3, -0.25) is 9.59 Å². The number of Topliss-reactive ketones (excluding diaryl/α,β-unsaturated/α-hetero) is 2. The minimum Gasteiger partial charge on any atom is -0.418 e. The highest BCUT2D eigenvalue weighted by atomic mass is 16.5. The average Bonchev–Trinajstić information content (AvgIpc) is 2.73. The smallest absolute Gasteiger partial charge is 0.343 e. The van der Waals surface area contributed by atoms with Gasteiger partial charge in [0.1, 0.15) is 0 Å². The molecule has 0 radical (unpaired) electrons. The van der Waals surface area contributed by atoms with E-state index in [-0.39, 0.29) is 5.76 Å². The first-order valence-electron chi connectivity index (χ1n) is 8.42. The summed E-state index contributed by atoms with van der Waals surface area (Å²) in [6.45, 7) is 0. The van der Waals surface area contributed by atoms with Gasteiger partial charge in [-0.05, 0) is 23.3 Å². The summed E-state index contributed by atoms with van der Waals surface area (Å²) in [5, 5.41) is 0. The molecule has 4 nitrogen and oxygen atoms in total. The second-order valence-electron chi connectivity index (χ2n) is 6.03. The first-order chi connectivity index (χ1) is 13.2. The van der Waals surface area contributed by atoms with Crippen molar-refractivity contribution in [2.24, 2.45) is 0 Å². The highest BCUT2D eigenvalue weighted by Gasteiger charge is 2.36. The predicted molar refractivity (Wildman–Crippen MR) is 100 cm³/mol. The van der Waals surface area contributed by atoms with E-state index < -0.39 is 17.5 Å². The molecule has 130 valence electrons. The predicted octanol–water partition coefficient (Wildman–Crippen LogP) is 4.07. The van der Waals surface area contributed by atoms with Crippen molar-refractivity contribution in [1.29, 1.82) is 0 Å². The van der Waals surface area contributed by atoms with Gasteiger partial charge < -0.3 is 4.74 Å². The van der Waals surface area contributed by atoms with E-state index in [2.05, 4.69) is 0 Å². The van der Waals surface area contributed by atoms with Crippen molar-refractivity contribution in [3.05, 3.63) is 113 Å². The monoisotopic (exact) mass is 354 g/mol. The van der Waals surface area contributed by atoms with Crippen LogP contribution in [0.2, 0.25) is 0 Å². The van der Waals surface area contributed by atoms with Gasteiger partial charge in [0.25, 0.3) is 5.78 Å². The van der Waals surface area contributed by atoms with Gasteiger partial charge in [-0.25, -0.2) is 4.79 Å². The van der Waals surface area contributed by atoms with Crippen molar-refractivity contribution in [2.75, 3.05) is 0 Å². The molecule has 1 aliphatic carbocycles. The zero-order valence-electron chi connectivity index (χ0n) is 14.2. The Balaban J connectivity index is 1.90. The SMILES string of the molecule is O=C1C(=O)c2ccccc2C(c2ccccc2)=C1OC(=O)c1ccccc1. The van der Waals surface area contributed by atoms with Gasteiger partial charge in [0, 0.05) is 11.1 Å². The summed E-state index contributed by atoms with van der Waals surface area (Å²) in [6, 6.07) is 24.3. The molecule has 0 saturated heterocycles. The zero-order chi connectivity index (χ0) is 18.8. The molecule has 0 fully saturated rings. The van der Waals surface area contributed by atoms with E-state index in [4.69, 9.17) is 4.74 Å². The van der Waals surface area contributed by atoms with E-state index >= 15 is 0 Å². The van der Waals surface area contributed by atoms with Gasteiger partial charge in [-0.15, -0.1) is 0 Å². The van der Waals surface area contributed by atoms with E-state index in [1.165, 1.54) is 0 Å². The van der Waals surface area contributed by atoms with Crippen LogP contribution in [0.5, 0.6) is 0 Å². The second kappa shape index (κ2) is 6.84. The van der Waals surface area contributed by atoms with Gasteiger partial charge in [0.05, 0.1) is 5.56 Å². The van der Waals surface area contributed by atoms with Crippen molar-refractivity contribution < 1.29 is 19.1 Å². The largest absolute Gasteiger partial charge is 0.418 e. The number of benzene rings is 3. The standard InChI is InChI=1S/C23H14O4/c24-20-18-14-8-7-13-17(18)19(15-9-3-1-4-10-15)22(21(20)25)27-23(26)16-11-5-2-6-12-16/h1-14H. The van der Waals surface area contributed by atoms with Gasteiger partial charge in [-0.1, -0.05) is 72.8 Å². The Morgan fingerprint density at radius 3 is 1.85 bits per heavy atom. The molecule has 0 saturated carbocycles. The van der Waals surface area contributed by atoms with Crippen molar-refractivity contribution >= 4 is 23.1 Å². The lowest BCUT2D eigenvalue weighted by Crippen LogP contribution is -2.27. The maximum Gasteiger partial charge on any atom is 0.343 e. The Labute approximate surface area is 155 Å². The number of carbonyl (C=O) groups is 3. The van der Waals surface area contributed by atoms with Crippen molar-refractivity contribution in [1.82, 2.24) is 0 Å². The normalized spacial score (nSPS) is 13.3. The summed E-state index contributed by atoms with van der Waals surface area (Å²) in [5.74, 6) is -2.42. The minimum atomic E-state index is -0.822. The molecule has 0 aromatic heterocycles. The number of ketones is 2. The van der Waals surface area contributed by atoms with Gasteiger partial charge in [0.2, 0.25) is 5.78 Å². The quantitative estimate of drug-likeness (QED) is 0.525. The van der Waals surface area contributed by atoms with Crippen LogP contribution in [0.4, 0.5) is 0 Å². The summed E-state index contributed by atoms with van der Waals surface area (Å²) in [7, 11) is 0. The molecule has 0 amide bonds. The molecule has 27 heavy (non-hydrogen) atoms. The Kier molecular flexibility index (Phi) is 4.22. The number of allylic oxidation sites excluding steroid dienone is 1. The average molecular weight is 354 g/mol. The first-order valence-corrected chi connectivity index (χ1v) is 8.42. The first kappa shape index (κ1) is 16.7. The van der Waals surface area contributed by atoms with E-state index in [1.54, 1.807) is 54.6 Å². The van der Waals surface area contributed by atoms with Crippen LogP contribution in [0.25, 0.3) is 5.57 Å². The number of carbonyl (C=O) groups excluding carboxylic acids is 3. The van der Waals surface area contributed by atoms with Crippen LogP contribution in [-0.4, -0.2) is 17.5 Å². The zero-order valence-corrected chi connectivity index (χ0v) is 14.2. The number of rotatable bonds is 3. The number of fused-ring (bicyclic) bond motifs is 1. The summed E-state index contributed by atoms with van der Waals surface area (Å²) in [4.78, 5) is 37.8. The summed E-state index contributed by atoms with van der Waals surface area (Å²) in [5.41, 5.74) is 2.32. The maximum absolute atomic E-state index is 12.8. The maximum atomic E-state index is 12.8. The Morgan fingerprint density at radius 2 is 1.19 bits per heavy atom. The summed E-state index contributed by atoms with van der Waals surface area (Å²) < 4.78 is 5.45. The molecule has 0 bridgehead atoms. The van der Waals surface area contributed by atoms with Crippen molar-refractivity contribution in [2.45, 2.75) is 0 Å². The van der Waals surface area contributed by atoms with Gasteiger partial charge in [-0.2, -0.15) is 0 Å². The lowest BCUT2D eigenvalue weighted by atomic mass is 9.84. The van der Waals surface area contributed by atoms with Gasteiger partial charge >= 0.3 is 5.97 Å². The third-order valence-electron chi connectivity index (χ3n) is 4.35. The van der Waals surface area contributed by atoms with E-state index in [9.17, 15) is 14.4 Å². The Bertz CT molecular complexity index is 1080. The fraction of sp³-hybridized carbons (Fsp3) is 0. The van der Waals surface area contributed by atoms with Crippen LogP contribution in [0.3, 0.4) is 0 Å². The molecule has 1 aliphatic rings. The van der Waals surface area contributed by atoms with Crippen LogP contribution in [0, 0.1) is 0 Å². The van der Waals surface area contributed by atoms with E-state index in [0.717, 1.165) is 0 Å². The fourth-order valence-electron chi connectivity index (χ4n) is 3.08. The van der Waals surface area contributed by atoms with E-state index in [0.29, 0.717) is 27.8 Å². The molecule has 0 N–H and O–H groups in total. The van der Waals surface area contributed by atoms with E-state index in [1.807, 2.05) is 30.3 Å². The summed E-state index contributed by atoms with van der Waals surface area (Å²) >= 11 is 0. The highest BCUT2D eigenvalue weighted by Crippen LogP contribution is 2.35. The molecular formula is C23H14O4. The van der Waals surface area contributed by atoms with Crippen LogP contribution in [0.1, 0.15) is 31.8 Å². The molecule has 4 heteroatoms. The molecule has 0 unspecified atom stereocenters. The van der Waals surface area contributed by atoms with Crippen LogP contribution < -0.4 is 0 Å². The molecule has 4 rings (SSSR count).